The summed E-state index contributed by atoms with van der Waals surface area (Å²) < 4.78 is 19.5. The first-order chi connectivity index (χ1) is 10.2. The molecule has 0 bridgehead atoms. The number of aliphatic hydroxyl groups excluding tert-OH is 1. The van der Waals surface area contributed by atoms with Gasteiger partial charge in [0.2, 0.25) is 0 Å². The lowest BCUT2D eigenvalue weighted by atomic mass is 9.89. The molecule has 1 saturated carbocycles. The van der Waals surface area contributed by atoms with Gasteiger partial charge in [-0.15, -0.1) is 0 Å². The molecule has 21 heavy (non-hydrogen) atoms. The lowest BCUT2D eigenvalue weighted by Gasteiger charge is -2.26. The Morgan fingerprint density at radius 2 is 2.19 bits per heavy atom. The van der Waals surface area contributed by atoms with E-state index in [1.165, 1.54) is 25.0 Å². The van der Waals surface area contributed by atoms with Crippen molar-refractivity contribution >= 4 is 0 Å². The molecule has 1 aromatic carbocycles. The van der Waals surface area contributed by atoms with E-state index in [1.807, 2.05) is 6.07 Å². The molecule has 3 heteroatoms. The van der Waals surface area contributed by atoms with Gasteiger partial charge in [-0.1, -0.05) is 31.6 Å². The third-order valence-corrected chi connectivity index (χ3v) is 3.80. The molecule has 0 saturated heterocycles. The predicted molar refractivity (Wildman–Crippen MR) is 81.2 cm³/mol. The first-order valence-corrected chi connectivity index (χ1v) is 7.68. The zero-order valence-corrected chi connectivity index (χ0v) is 12.6. The Hall–Kier alpha value is -1.37. The Balaban J connectivity index is 1.95. The maximum atomic E-state index is 13.6. The first-order valence-electron chi connectivity index (χ1n) is 7.68. The number of hydrogen-bond donors (Lipinski definition) is 1. The normalized spacial score (nSPS) is 21.7. The third-order valence-electron chi connectivity index (χ3n) is 3.80. The van der Waals surface area contributed by atoms with Crippen LogP contribution in [0.3, 0.4) is 0 Å². The van der Waals surface area contributed by atoms with Crippen LogP contribution in [0.4, 0.5) is 4.39 Å². The van der Waals surface area contributed by atoms with Gasteiger partial charge in [-0.05, 0) is 42.5 Å². The van der Waals surface area contributed by atoms with Gasteiger partial charge in [0, 0.05) is 12.0 Å². The van der Waals surface area contributed by atoms with Crippen LogP contribution in [0.5, 0.6) is 0 Å². The minimum atomic E-state index is -0.290. The van der Waals surface area contributed by atoms with Crippen molar-refractivity contribution < 1.29 is 14.2 Å². The third kappa shape index (κ3) is 5.49. The number of rotatable bonds is 4. The molecular weight excluding hydrogens is 267 g/mol. The van der Waals surface area contributed by atoms with E-state index in [2.05, 4.69) is 18.8 Å². The molecule has 0 spiro atoms. The van der Waals surface area contributed by atoms with E-state index in [0.717, 1.165) is 24.3 Å². The van der Waals surface area contributed by atoms with Crippen LogP contribution in [-0.2, 0) is 11.3 Å². The van der Waals surface area contributed by atoms with Crippen LogP contribution in [-0.4, -0.2) is 17.8 Å². The second kappa shape index (κ2) is 8.17. The topological polar surface area (TPSA) is 29.5 Å². The molecule has 2 rings (SSSR count). The molecule has 2 atom stereocenters. The highest BCUT2D eigenvalue weighted by molar-refractivity contribution is 5.37. The largest absolute Gasteiger partial charge is 0.395 e. The van der Waals surface area contributed by atoms with Crippen LogP contribution in [0.25, 0.3) is 0 Å². The van der Waals surface area contributed by atoms with Crippen LogP contribution in [0.2, 0.25) is 0 Å². The van der Waals surface area contributed by atoms with Gasteiger partial charge in [0.25, 0.3) is 0 Å². The molecule has 0 radical (unpaired) electrons. The standard InChI is InChI=1S/C18H23FO2/c1-14-5-4-7-18(9-14)21-13-16-10-15(6-2-3-8-20)11-17(19)12-16/h10-12,14,18,20H,3-5,7-9,13H2,1H3. The fourth-order valence-electron chi connectivity index (χ4n) is 2.77. The molecule has 1 N–H and O–H groups in total. The van der Waals surface area contributed by atoms with E-state index in [0.29, 0.717) is 24.7 Å². The van der Waals surface area contributed by atoms with E-state index >= 15 is 0 Å². The van der Waals surface area contributed by atoms with Crippen LogP contribution >= 0.6 is 0 Å². The van der Waals surface area contributed by atoms with Crippen molar-refractivity contribution in [3.05, 3.63) is 35.1 Å². The summed E-state index contributed by atoms with van der Waals surface area (Å²) in [6, 6.07) is 4.78. The molecule has 2 nitrogen and oxygen atoms in total. The second-order valence-electron chi connectivity index (χ2n) is 5.83. The summed E-state index contributed by atoms with van der Waals surface area (Å²) in [4.78, 5) is 0. The maximum absolute atomic E-state index is 13.6. The Kier molecular flexibility index (Phi) is 6.22. The van der Waals surface area contributed by atoms with E-state index in [4.69, 9.17) is 9.84 Å². The van der Waals surface area contributed by atoms with Crippen molar-refractivity contribution in [2.45, 2.75) is 51.7 Å². The van der Waals surface area contributed by atoms with E-state index in [1.54, 1.807) is 0 Å². The molecule has 1 fully saturated rings. The Labute approximate surface area is 126 Å². The van der Waals surface area contributed by atoms with Gasteiger partial charge < -0.3 is 9.84 Å². The first kappa shape index (κ1) is 16.0. The van der Waals surface area contributed by atoms with Gasteiger partial charge in [0.15, 0.2) is 0 Å². The summed E-state index contributed by atoms with van der Waals surface area (Å²) in [5, 5.41) is 8.71. The second-order valence-corrected chi connectivity index (χ2v) is 5.83. The highest BCUT2D eigenvalue weighted by Crippen LogP contribution is 2.26. The summed E-state index contributed by atoms with van der Waals surface area (Å²) in [6.45, 7) is 2.72. The minimum Gasteiger partial charge on any atom is -0.395 e. The van der Waals surface area contributed by atoms with Gasteiger partial charge in [-0.25, -0.2) is 4.39 Å². The fraction of sp³-hybridized carbons (Fsp3) is 0.556. The molecule has 114 valence electrons. The van der Waals surface area contributed by atoms with Crippen molar-refractivity contribution in [1.29, 1.82) is 0 Å². The van der Waals surface area contributed by atoms with Crippen molar-refractivity contribution in [2.75, 3.05) is 6.61 Å². The molecule has 1 aliphatic carbocycles. The van der Waals surface area contributed by atoms with Gasteiger partial charge in [-0.2, -0.15) is 0 Å². The van der Waals surface area contributed by atoms with E-state index in [-0.39, 0.29) is 12.4 Å². The van der Waals surface area contributed by atoms with Gasteiger partial charge >= 0.3 is 0 Å². The van der Waals surface area contributed by atoms with Crippen LogP contribution < -0.4 is 0 Å². The molecule has 0 amide bonds. The van der Waals surface area contributed by atoms with Gasteiger partial charge in [0.05, 0.1) is 19.3 Å². The van der Waals surface area contributed by atoms with E-state index < -0.39 is 0 Å². The number of benzene rings is 1. The smallest absolute Gasteiger partial charge is 0.124 e. The Bertz CT molecular complexity index is 516. The predicted octanol–water partition coefficient (Wildman–Crippen LogP) is 3.65. The number of halogens is 1. The molecule has 1 aliphatic rings. The van der Waals surface area contributed by atoms with Crippen LogP contribution in [0.1, 0.15) is 50.2 Å². The maximum Gasteiger partial charge on any atom is 0.124 e. The minimum absolute atomic E-state index is 0.0259. The monoisotopic (exact) mass is 290 g/mol. The lowest BCUT2D eigenvalue weighted by molar-refractivity contribution is 0.00457. The summed E-state index contributed by atoms with van der Waals surface area (Å²) in [5.74, 6) is 6.10. The molecule has 0 heterocycles. The summed E-state index contributed by atoms with van der Waals surface area (Å²) >= 11 is 0. The lowest BCUT2D eigenvalue weighted by Crippen LogP contribution is -2.21. The zero-order chi connectivity index (χ0) is 15.1. The van der Waals surface area contributed by atoms with Gasteiger partial charge in [-0.3, -0.25) is 0 Å². The zero-order valence-electron chi connectivity index (χ0n) is 12.6. The highest BCUT2D eigenvalue weighted by atomic mass is 19.1. The SMILES string of the molecule is CC1CCCC(OCc2cc(F)cc(C#CCCO)c2)C1. The average Bonchev–Trinajstić information content (AvgIpc) is 2.45. The fourth-order valence-corrected chi connectivity index (χ4v) is 2.77. The summed E-state index contributed by atoms with van der Waals surface area (Å²) in [7, 11) is 0. The number of ether oxygens (including phenoxy) is 1. The molecule has 0 aromatic heterocycles. The quantitative estimate of drug-likeness (QED) is 0.858. The van der Waals surface area contributed by atoms with E-state index in [9.17, 15) is 4.39 Å². The summed E-state index contributed by atoms with van der Waals surface area (Å²) in [6.07, 6.45) is 5.39. The Morgan fingerprint density at radius 3 is 2.95 bits per heavy atom. The molecular formula is C18H23FO2. The van der Waals surface area contributed by atoms with Crippen LogP contribution in [0.15, 0.2) is 18.2 Å². The number of hydrogen-bond acceptors (Lipinski definition) is 2. The molecule has 2 unspecified atom stereocenters. The van der Waals surface area contributed by atoms with Crippen molar-refractivity contribution in [3.63, 3.8) is 0 Å². The summed E-state index contributed by atoms with van der Waals surface area (Å²) in [5.41, 5.74) is 1.46. The Morgan fingerprint density at radius 1 is 1.33 bits per heavy atom. The van der Waals surface area contributed by atoms with Crippen molar-refractivity contribution in [1.82, 2.24) is 0 Å². The number of aliphatic hydroxyl groups is 1. The van der Waals surface area contributed by atoms with Crippen LogP contribution in [0, 0.1) is 23.6 Å². The van der Waals surface area contributed by atoms with Gasteiger partial charge in [0.1, 0.15) is 5.82 Å². The van der Waals surface area contributed by atoms with Crippen molar-refractivity contribution in [3.8, 4) is 11.8 Å². The molecule has 1 aromatic rings. The van der Waals surface area contributed by atoms with Crippen molar-refractivity contribution in [2.24, 2.45) is 5.92 Å². The average molecular weight is 290 g/mol. The highest BCUT2D eigenvalue weighted by Gasteiger charge is 2.19. The molecule has 0 aliphatic heterocycles.